The summed E-state index contributed by atoms with van der Waals surface area (Å²) in [6.45, 7) is 7.09. The Balaban J connectivity index is 2.43. The third-order valence-electron chi connectivity index (χ3n) is 3.33. The summed E-state index contributed by atoms with van der Waals surface area (Å²) >= 11 is 0. The van der Waals surface area contributed by atoms with Crippen molar-refractivity contribution >= 4 is 15.9 Å². The molecule has 6 nitrogen and oxygen atoms in total. The van der Waals surface area contributed by atoms with Crippen molar-refractivity contribution in [2.75, 3.05) is 11.8 Å². The van der Waals surface area contributed by atoms with Crippen LogP contribution >= 0.6 is 0 Å². The van der Waals surface area contributed by atoms with Crippen molar-refractivity contribution in [3.8, 4) is 5.75 Å². The molecule has 0 amide bonds. The molecule has 0 aliphatic rings. The zero-order valence-corrected chi connectivity index (χ0v) is 13.5. The molecule has 0 spiro atoms. The van der Waals surface area contributed by atoms with Crippen LogP contribution in [0.1, 0.15) is 22.4 Å². The lowest BCUT2D eigenvalue weighted by molar-refractivity contribution is 0.408. The van der Waals surface area contributed by atoms with Crippen LogP contribution < -0.4 is 9.46 Å². The van der Waals surface area contributed by atoms with E-state index in [1.54, 1.807) is 46.9 Å². The molecule has 1 aromatic heterocycles. The second-order valence-electron chi connectivity index (χ2n) is 4.92. The van der Waals surface area contributed by atoms with Gasteiger partial charge in [0.2, 0.25) is 5.88 Å². The fraction of sp³-hybridized carbons (Fsp3) is 0.357. The van der Waals surface area contributed by atoms with Gasteiger partial charge < -0.3 is 9.26 Å². The second-order valence-corrected chi connectivity index (χ2v) is 6.60. The van der Waals surface area contributed by atoms with Gasteiger partial charge in [0.05, 0.1) is 17.7 Å². The fourth-order valence-electron chi connectivity index (χ4n) is 2.08. The van der Waals surface area contributed by atoms with Crippen LogP contribution in [0, 0.1) is 27.7 Å². The van der Waals surface area contributed by atoms with Gasteiger partial charge in [0.25, 0.3) is 10.0 Å². The van der Waals surface area contributed by atoms with Gasteiger partial charge in [0.1, 0.15) is 5.75 Å². The van der Waals surface area contributed by atoms with Crippen molar-refractivity contribution in [1.29, 1.82) is 0 Å². The van der Waals surface area contributed by atoms with E-state index in [0.717, 1.165) is 11.1 Å². The normalized spacial score (nSPS) is 11.5. The highest BCUT2D eigenvalue weighted by atomic mass is 32.2. The van der Waals surface area contributed by atoms with E-state index in [0.29, 0.717) is 17.0 Å². The van der Waals surface area contributed by atoms with Crippen LogP contribution in [0.5, 0.6) is 5.75 Å². The molecular weight excluding hydrogens is 292 g/mol. The van der Waals surface area contributed by atoms with E-state index in [-0.39, 0.29) is 10.8 Å². The highest BCUT2D eigenvalue weighted by Crippen LogP contribution is 2.28. The van der Waals surface area contributed by atoms with Crippen LogP contribution in [-0.4, -0.2) is 20.7 Å². The zero-order chi connectivity index (χ0) is 15.8. The molecule has 21 heavy (non-hydrogen) atoms. The van der Waals surface area contributed by atoms with E-state index in [2.05, 4.69) is 9.88 Å². The van der Waals surface area contributed by atoms with Gasteiger partial charge in [-0.05, 0) is 51.0 Å². The maximum atomic E-state index is 12.4. The Kier molecular flexibility index (Phi) is 3.95. The highest BCUT2D eigenvalue weighted by Gasteiger charge is 2.21. The number of benzene rings is 1. The molecule has 0 radical (unpaired) electrons. The Morgan fingerprint density at radius 2 is 1.71 bits per heavy atom. The average Bonchev–Trinajstić information content (AvgIpc) is 2.70. The summed E-state index contributed by atoms with van der Waals surface area (Å²) in [5.41, 5.74) is 2.82. The molecule has 0 aliphatic carbocycles. The SMILES string of the molecule is COc1c(C)cc(S(=O)(=O)Nc2onc(C)c2C)cc1C. The van der Waals surface area contributed by atoms with Crippen molar-refractivity contribution in [3.63, 3.8) is 0 Å². The second kappa shape index (κ2) is 5.40. The Morgan fingerprint density at radius 1 is 1.14 bits per heavy atom. The van der Waals surface area contributed by atoms with Gasteiger partial charge in [-0.2, -0.15) is 0 Å². The number of hydrogen-bond acceptors (Lipinski definition) is 5. The molecule has 1 aromatic carbocycles. The number of aryl methyl sites for hydroxylation is 3. The standard InChI is InChI=1S/C14H18N2O4S/c1-8-6-12(7-9(2)13(8)19-5)21(17,18)16-14-10(3)11(4)15-20-14/h6-7,16H,1-5H3. The number of aromatic nitrogens is 1. The molecule has 114 valence electrons. The molecule has 1 heterocycles. The summed E-state index contributed by atoms with van der Waals surface area (Å²) in [5, 5.41) is 3.73. The molecule has 0 unspecified atom stereocenters. The van der Waals surface area contributed by atoms with Gasteiger partial charge in [0.15, 0.2) is 0 Å². The number of hydrogen-bond donors (Lipinski definition) is 1. The Morgan fingerprint density at radius 3 is 2.14 bits per heavy atom. The van der Waals surface area contributed by atoms with Crippen LogP contribution in [0.25, 0.3) is 0 Å². The predicted molar refractivity (Wildman–Crippen MR) is 79.3 cm³/mol. The van der Waals surface area contributed by atoms with Crippen molar-refractivity contribution in [1.82, 2.24) is 5.16 Å². The third-order valence-corrected chi connectivity index (χ3v) is 4.64. The molecule has 0 aliphatic heterocycles. The smallest absolute Gasteiger partial charge is 0.264 e. The molecular formula is C14H18N2O4S. The van der Waals surface area contributed by atoms with Crippen LogP contribution in [0.2, 0.25) is 0 Å². The van der Waals surface area contributed by atoms with Gasteiger partial charge in [-0.3, -0.25) is 0 Å². The first-order valence-electron chi connectivity index (χ1n) is 6.37. The largest absolute Gasteiger partial charge is 0.496 e. The summed E-state index contributed by atoms with van der Waals surface area (Å²) in [5.74, 6) is 0.819. The summed E-state index contributed by atoms with van der Waals surface area (Å²) in [6, 6.07) is 3.12. The molecule has 2 aromatic rings. The quantitative estimate of drug-likeness (QED) is 0.939. The van der Waals surface area contributed by atoms with E-state index >= 15 is 0 Å². The molecule has 0 saturated carbocycles. The minimum absolute atomic E-state index is 0.138. The number of anilines is 1. The van der Waals surface area contributed by atoms with E-state index in [4.69, 9.17) is 9.26 Å². The van der Waals surface area contributed by atoms with Gasteiger partial charge in [-0.15, -0.1) is 0 Å². The average molecular weight is 310 g/mol. The first-order chi connectivity index (χ1) is 9.76. The van der Waals surface area contributed by atoms with Crippen molar-refractivity contribution in [3.05, 3.63) is 34.5 Å². The molecule has 0 saturated heterocycles. The molecule has 0 fully saturated rings. The van der Waals surface area contributed by atoms with Crippen LogP contribution in [0.3, 0.4) is 0 Å². The minimum Gasteiger partial charge on any atom is -0.496 e. The van der Waals surface area contributed by atoms with E-state index in [1.165, 1.54) is 0 Å². The zero-order valence-electron chi connectivity index (χ0n) is 12.6. The topological polar surface area (TPSA) is 81.4 Å². The number of methoxy groups -OCH3 is 1. The third kappa shape index (κ3) is 2.87. The first kappa shape index (κ1) is 15.4. The maximum absolute atomic E-state index is 12.4. The number of nitrogens with zero attached hydrogens (tertiary/aromatic N) is 1. The van der Waals surface area contributed by atoms with Crippen LogP contribution in [-0.2, 0) is 10.0 Å². The lowest BCUT2D eigenvalue weighted by Gasteiger charge is -2.12. The van der Waals surface area contributed by atoms with Gasteiger partial charge in [0, 0.05) is 5.56 Å². The molecule has 7 heteroatoms. The Bertz CT molecular complexity index is 755. The van der Waals surface area contributed by atoms with Gasteiger partial charge >= 0.3 is 0 Å². The van der Waals surface area contributed by atoms with Crippen molar-refractivity contribution < 1.29 is 17.7 Å². The van der Waals surface area contributed by atoms with Crippen LogP contribution in [0.15, 0.2) is 21.6 Å². The Hall–Kier alpha value is -2.02. The van der Waals surface area contributed by atoms with Crippen molar-refractivity contribution in [2.24, 2.45) is 0 Å². The van der Waals surface area contributed by atoms with Crippen molar-refractivity contribution in [2.45, 2.75) is 32.6 Å². The predicted octanol–water partition coefficient (Wildman–Crippen LogP) is 2.72. The highest BCUT2D eigenvalue weighted by molar-refractivity contribution is 7.92. The summed E-state index contributed by atoms with van der Waals surface area (Å²) in [4.78, 5) is 0.159. The molecule has 0 atom stereocenters. The monoisotopic (exact) mass is 310 g/mol. The van der Waals surface area contributed by atoms with Gasteiger partial charge in [-0.25, -0.2) is 13.1 Å². The summed E-state index contributed by atoms with van der Waals surface area (Å²) in [6.07, 6.45) is 0. The maximum Gasteiger partial charge on any atom is 0.264 e. The van der Waals surface area contributed by atoms with E-state index in [9.17, 15) is 8.42 Å². The lowest BCUT2D eigenvalue weighted by atomic mass is 10.1. The van der Waals surface area contributed by atoms with E-state index in [1.807, 2.05) is 0 Å². The number of rotatable bonds is 4. The number of sulfonamides is 1. The summed E-state index contributed by atoms with van der Waals surface area (Å²) < 4.78 is 37.5. The Labute approximate surface area is 124 Å². The minimum atomic E-state index is -3.73. The van der Waals surface area contributed by atoms with Gasteiger partial charge in [-0.1, -0.05) is 5.16 Å². The number of nitrogens with one attached hydrogen (secondary N) is 1. The van der Waals surface area contributed by atoms with Crippen LogP contribution in [0.4, 0.5) is 5.88 Å². The number of ether oxygens (including phenoxy) is 1. The molecule has 0 bridgehead atoms. The first-order valence-corrected chi connectivity index (χ1v) is 7.85. The molecule has 1 N–H and O–H groups in total. The molecule has 2 rings (SSSR count). The van der Waals surface area contributed by atoms with E-state index < -0.39 is 10.0 Å². The lowest BCUT2D eigenvalue weighted by Crippen LogP contribution is -2.14. The fourth-order valence-corrected chi connectivity index (χ4v) is 3.30. The summed E-state index contributed by atoms with van der Waals surface area (Å²) in [7, 11) is -2.17.